The topological polar surface area (TPSA) is 25.8 Å². The molecule has 4 heteroatoms. The third kappa shape index (κ3) is 1.65. The van der Waals surface area contributed by atoms with Gasteiger partial charge in [-0.05, 0) is 52.7 Å². The molecule has 22 heavy (non-hydrogen) atoms. The van der Waals surface area contributed by atoms with E-state index in [4.69, 9.17) is 9.97 Å². The molecule has 0 aliphatic rings. The monoisotopic (exact) mass is 326 g/mol. The molecule has 0 unspecified atom stereocenters. The number of benzene rings is 1. The summed E-state index contributed by atoms with van der Waals surface area (Å²) in [5.74, 6) is 0. The summed E-state index contributed by atoms with van der Waals surface area (Å²) in [5.41, 5.74) is 6.92. The molecule has 112 valence electrons. The van der Waals surface area contributed by atoms with E-state index in [1.54, 1.807) is 0 Å². The van der Waals surface area contributed by atoms with Crippen molar-refractivity contribution in [2.24, 2.45) is 0 Å². The summed E-state index contributed by atoms with van der Waals surface area (Å²) in [6, 6.07) is 0. The van der Waals surface area contributed by atoms with Crippen LogP contribution in [0.5, 0.6) is 0 Å². The fourth-order valence-electron chi connectivity index (χ4n) is 3.10. The SMILES string of the molecule is Cc1nc2c(nc1C)c1c(C)c(C)sc1c1sc(C)c(C)c21. The van der Waals surface area contributed by atoms with Gasteiger partial charge in [-0.2, -0.15) is 0 Å². The highest BCUT2D eigenvalue weighted by molar-refractivity contribution is 7.27. The van der Waals surface area contributed by atoms with Crippen LogP contribution in [0.3, 0.4) is 0 Å². The second-order valence-electron chi connectivity index (χ2n) is 6.07. The normalized spacial score (nSPS) is 12.1. The van der Waals surface area contributed by atoms with Crippen LogP contribution in [0, 0.1) is 41.5 Å². The average Bonchev–Trinajstić information content (AvgIpc) is 2.92. The average molecular weight is 326 g/mol. The highest BCUT2D eigenvalue weighted by Crippen LogP contribution is 2.45. The van der Waals surface area contributed by atoms with Crippen LogP contribution in [0.1, 0.15) is 32.3 Å². The number of hydrogen-bond donors (Lipinski definition) is 0. The van der Waals surface area contributed by atoms with Crippen LogP contribution >= 0.6 is 22.7 Å². The van der Waals surface area contributed by atoms with Crippen LogP contribution in [-0.4, -0.2) is 9.97 Å². The van der Waals surface area contributed by atoms with E-state index in [0.717, 1.165) is 22.4 Å². The molecule has 0 bridgehead atoms. The number of thiophene rings is 2. The van der Waals surface area contributed by atoms with E-state index in [9.17, 15) is 0 Å². The van der Waals surface area contributed by atoms with Crippen LogP contribution in [0.25, 0.3) is 31.2 Å². The Morgan fingerprint density at radius 3 is 1.32 bits per heavy atom. The predicted octanol–water partition coefficient (Wildman–Crippen LogP) is 5.91. The van der Waals surface area contributed by atoms with Gasteiger partial charge in [-0.3, -0.25) is 0 Å². The van der Waals surface area contributed by atoms with Crippen LogP contribution in [-0.2, 0) is 0 Å². The standard InChI is InChI=1S/C18H18N2S2/c1-7-11(5)21-17-13(7)15-16(20-10(4)9(3)19-15)14-8(2)12(6)22-18(14)17/h1-6H3. The van der Waals surface area contributed by atoms with Gasteiger partial charge in [0, 0.05) is 20.5 Å². The van der Waals surface area contributed by atoms with E-state index < -0.39 is 0 Å². The minimum atomic E-state index is 1.03. The Morgan fingerprint density at radius 2 is 0.955 bits per heavy atom. The molecule has 0 N–H and O–H groups in total. The van der Waals surface area contributed by atoms with Gasteiger partial charge in [0.1, 0.15) is 0 Å². The van der Waals surface area contributed by atoms with Gasteiger partial charge in [0.15, 0.2) is 0 Å². The second kappa shape index (κ2) is 4.49. The van der Waals surface area contributed by atoms with Crippen molar-refractivity contribution in [3.8, 4) is 0 Å². The van der Waals surface area contributed by atoms with E-state index in [1.807, 2.05) is 22.7 Å². The van der Waals surface area contributed by atoms with Crippen molar-refractivity contribution < 1.29 is 0 Å². The van der Waals surface area contributed by atoms with Crippen molar-refractivity contribution in [3.05, 3.63) is 32.3 Å². The first-order valence-electron chi connectivity index (χ1n) is 7.46. The van der Waals surface area contributed by atoms with E-state index >= 15 is 0 Å². The Balaban J connectivity index is 2.45. The molecule has 2 nitrogen and oxygen atoms in total. The highest BCUT2D eigenvalue weighted by atomic mass is 32.1. The lowest BCUT2D eigenvalue weighted by molar-refractivity contribution is 1.11. The van der Waals surface area contributed by atoms with Gasteiger partial charge in [0.25, 0.3) is 0 Å². The molecule has 0 radical (unpaired) electrons. The van der Waals surface area contributed by atoms with Gasteiger partial charge >= 0.3 is 0 Å². The molecule has 4 rings (SSSR count). The van der Waals surface area contributed by atoms with Gasteiger partial charge in [-0.25, -0.2) is 9.97 Å². The number of hydrogen-bond acceptors (Lipinski definition) is 4. The maximum atomic E-state index is 4.93. The van der Waals surface area contributed by atoms with Gasteiger partial charge in [0.2, 0.25) is 0 Å². The Bertz CT molecular complexity index is 997. The number of aryl methyl sites for hydroxylation is 6. The second-order valence-corrected chi connectivity index (χ2v) is 8.52. The number of rotatable bonds is 0. The van der Waals surface area contributed by atoms with E-state index in [-0.39, 0.29) is 0 Å². The van der Waals surface area contributed by atoms with E-state index in [0.29, 0.717) is 0 Å². The van der Waals surface area contributed by atoms with Gasteiger partial charge in [0.05, 0.1) is 31.8 Å². The Labute approximate surface area is 137 Å². The zero-order valence-corrected chi connectivity index (χ0v) is 15.3. The van der Waals surface area contributed by atoms with Crippen molar-refractivity contribution in [2.45, 2.75) is 41.5 Å². The van der Waals surface area contributed by atoms with Crippen LogP contribution in [0.15, 0.2) is 0 Å². The molecule has 0 fully saturated rings. The van der Waals surface area contributed by atoms with E-state index in [2.05, 4.69) is 41.5 Å². The number of nitrogens with zero attached hydrogens (tertiary/aromatic N) is 2. The Morgan fingerprint density at radius 1 is 0.591 bits per heavy atom. The molecule has 0 aliphatic heterocycles. The molecule has 0 aliphatic carbocycles. The summed E-state index contributed by atoms with van der Waals surface area (Å²) in [6.45, 7) is 12.9. The summed E-state index contributed by atoms with van der Waals surface area (Å²) >= 11 is 3.80. The summed E-state index contributed by atoms with van der Waals surface area (Å²) < 4.78 is 2.77. The minimum absolute atomic E-state index is 1.03. The zero-order valence-electron chi connectivity index (χ0n) is 13.7. The Hall–Kier alpha value is -1.52. The van der Waals surface area contributed by atoms with Gasteiger partial charge in [-0.15, -0.1) is 22.7 Å². The molecule has 4 aromatic rings. The first kappa shape index (κ1) is 14.1. The molecule has 0 spiro atoms. The number of aromatic nitrogens is 2. The Kier molecular flexibility index (Phi) is 2.88. The molecule has 0 atom stereocenters. The third-order valence-corrected chi connectivity index (χ3v) is 7.34. The summed E-state index contributed by atoms with van der Waals surface area (Å²) in [5, 5.41) is 2.61. The van der Waals surface area contributed by atoms with Crippen molar-refractivity contribution in [1.29, 1.82) is 0 Å². The summed E-state index contributed by atoms with van der Waals surface area (Å²) in [4.78, 5) is 12.6. The van der Waals surface area contributed by atoms with Crippen molar-refractivity contribution in [3.63, 3.8) is 0 Å². The smallest absolute Gasteiger partial charge is 0.0987 e. The minimum Gasteiger partial charge on any atom is -0.249 e. The molecule has 0 amide bonds. The largest absolute Gasteiger partial charge is 0.249 e. The lowest BCUT2D eigenvalue weighted by Crippen LogP contribution is -1.95. The molecular weight excluding hydrogens is 308 g/mol. The van der Waals surface area contributed by atoms with Crippen molar-refractivity contribution >= 4 is 53.9 Å². The molecular formula is C18H18N2S2. The fourth-order valence-corrected chi connectivity index (χ4v) is 5.56. The van der Waals surface area contributed by atoms with Crippen LogP contribution in [0.4, 0.5) is 0 Å². The zero-order chi connectivity index (χ0) is 15.8. The lowest BCUT2D eigenvalue weighted by Gasteiger charge is -2.07. The van der Waals surface area contributed by atoms with Crippen molar-refractivity contribution in [2.75, 3.05) is 0 Å². The molecule has 1 aromatic carbocycles. The maximum Gasteiger partial charge on any atom is 0.0987 e. The highest BCUT2D eigenvalue weighted by Gasteiger charge is 2.20. The fraction of sp³-hybridized carbons (Fsp3) is 0.333. The van der Waals surface area contributed by atoms with Gasteiger partial charge < -0.3 is 0 Å². The maximum absolute atomic E-state index is 4.93. The molecule has 3 heterocycles. The van der Waals surface area contributed by atoms with Crippen LogP contribution < -0.4 is 0 Å². The van der Waals surface area contributed by atoms with Gasteiger partial charge in [-0.1, -0.05) is 0 Å². The predicted molar refractivity (Wildman–Crippen MR) is 98.7 cm³/mol. The first-order valence-corrected chi connectivity index (χ1v) is 9.09. The molecule has 3 aromatic heterocycles. The lowest BCUT2D eigenvalue weighted by atomic mass is 10.0. The summed E-state index contributed by atoms with van der Waals surface area (Å²) in [6.07, 6.45) is 0. The first-order chi connectivity index (χ1) is 10.4. The third-order valence-electron chi connectivity index (χ3n) is 4.76. The van der Waals surface area contributed by atoms with Crippen LogP contribution in [0.2, 0.25) is 0 Å². The van der Waals surface area contributed by atoms with E-state index in [1.165, 1.54) is 41.1 Å². The molecule has 0 saturated carbocycles. The van der Waals surface area contributed by atoms with Crippen molar-refractivity contribution in [1.82, 2.24) is 9.97 Å². The quantitative estimate of drug-likeness (QED) is 0.401. The number of fused-ring (bicyclic) bond motifs is 6. The molecule has 0 saturated heterocycles. The summed E-state index contributed by atoms with van der Waals surface area (Å²) in [7, 11) is 0.